The number of benzene rings is 1. The molecule has 1 aromatic rings. The van der Waals surface area contributed by atoms with E-state index < -0.39 is 5.60 Å². The maximum atomic E-state index is 10.9. The van der Waals surface area contributed by atoms with Gasteiger partial charge in [0.15, 0.2) is 0 Å². The summed E-state index contributed by atoms with van der Waals surface area (Å²) in [5.74, 6) is 2.07. The van der Waals surface area contributed by atoms with Gasteiger partial charge in [0.1, 0.15) is 0 Å². The summed E-state index contributed by atoms with van der Waals surface area (Å²) in [6, 6.07) is 10.5. The molecule has 2 nitrogen and oxygen atoms in total. The molecule has 6 rings (SSSR count). The second-order valence-corrected chi connectivity index (χ2v) is 9.95. The lowest BCUT2D eigenvalue weighted by atomic mass is 9.47. The first-order valence-electron chi connectivity index (χ1n) is 10.5. The number of fused-ring (bicyclic) bond motifs is 2. The Hall–Kier alpha value is -0.860. The van der Waals surface area contributed by atoms with E-state index in [4.69, 9.17) is 0 Å². The lowest BCUT2D eigenvalue weighted by Gasteiger charge is -2.67. The molecule has 5 atom stereocenters. The van der Waals surface area contributed by atoms with Gasteiger partial charge in [0.2, 0.25) is 0 Å². The van der Waals surface area contributed by atoms with Gasteiger partial charge in [-0.05, 0) is 75.3 Å². The molecule has 0 amide bonds. The Bertz CT molecular complexity index is 673. The van der Waals surface area contributed by atoms with E-state index in [9.17, 15) is 5.11 Å². The van der Waals surface area contributed by atoms with E-state index >= 15 is 0 Å². The van der Waals surface area contributed by atoms with E-state index in [1.807, 2.05) is 0 Å². The molecule has 2 heterocycles. The first-order valence-corrected chi connectivity index (χ1v) is 10.5. The largest absolute Gasteiger partial charge is 0.390 e. The summed E-state index contributed by atoms with van der Waals surface area (Å²) in [4.78, 5) is 2.87. The van der Waals surface area contributed by atoms with Gasteiger partial charge in [0.05, 0.1) is 5.60 Å². The molecule has 2 aliphatic heterocycles. The number of rotatable bonds is 4. The van der Waals surface area contributed by atoms with Gasteiger partial charge in [0.25, 0.3) is 0 Å². The van der Waals surface area contributed by atoms with Crippen molar-refractivity contribution in [2.45, 2.75) is 82.4 Å². The predicted octanol–water partition coefficient (Wildman–Crippen LogP) is 4.15. The molecular formula is C23H33NO. The van der Waals surface area contributed by atoms with Crippen LogP contribution in [0.2, 0.25) is 0 Å². The molecule has 136 valence electrons. The highest BCUT2D eigenvalue weighted by molar-refractivity contribution is 5.42. The summed E-state index contributed by atoms with van der Waals surface area (Å²) in [7, 11) is 0. The maximum absolute atomic E-state index is 10.9. The van der Waals surface area contributed by atoms with Gasteiger partial charge < -0.3 is 5.11 Å². The van der Waals surface area contributed by atoms with Crippen LogP contribution in [-0.4, -0.2) is 34.2 Å². The molecule has 4 fully saturated rings. The average molecular weight is 340 g/mol. The zero-order chi connectivity index (χ0) is 17.4. The van der Waals surface area contributed by atoms with E-state index in [-0.39, 0.29) is 0 Å². The van der Waals surface area contributed by atoms with Gasteiger partial charge in [-0.25, -0.2) is 0 Å². The van der Waals surface area contributed by atoms with Crippen LogP contribution in [-0.2, 0) is 11.8 Å². The first-order chi connectivity index (χ1) is 11.9. The Kier molecular flexibility index (Phi) is 3.48. The van der Waals surface area contributed by atoms with Crippen LogP contribution in [0, 0.1) is 17.8 Å². The van der Waals surface area contributed by atoms with Gasteiger partial charge in [-0.1, -0.05) is 31.2 Å². The van der Waals surface area contributed by atoms with Crippen molar-refractivity contribution in [3.8, 4) is 0 Å². The lowest BCUT2D eigenvalue weighted by Crippen LogP contribution is -2.71. The van der Waals surface area contributed by atoms with Gasteiger partial charge in [0, 0.05) is 30.0 Å². The fourth-order valence-corrected chi connectivity index (χ4v) is 6.88. The van der Waals surface area contributed by atoms with Crippen LogP contribution in [0.4, 0.5) is 0 Å². The summed E-state index contributed by atoms with van der Waals surface area (Å²) < 4.78 is 0. The number of nitrogens with zero attached hydrogens (tertiary/aromatic N) is 1. The summed E-state index contributed by atoms with van der Waals surface area (Å²) in [6.07, 6.45) is 7.78. The first kappa shape index (κ1) is 16.3. The zero-order valence-electron chi connectivity index (χ0n) is 16.0. The number of hydrogen-bond donors (Lipinski definition) is 1. The van der Waals surface area contributed by atoms with Crippen LogP contribution < -0.4 is 0 Å². The zero-order valence-corrected chi connectivity index (χ0v) is 16.0. The molecule has 5 unspecified atom stereocenters. The molecule has 5 aliphatic rings. The minimum atomic E-state index is -0.561. The Morgan fingerprint density at radius 2 is 1.96 bits per heavy atom. The lowest BCUT2D eigenvalue weighted by molar-refractivity contribution is -0.158. The molecule has 3 aliphatic carbocycles. The van der Waals surface area contributed by atoms with Crippen molar-refractivity contribution >= 4 is 0 Å². The highest BCUT2D eigenvalue weighted by atomic mass is 16.3. The predicted molar refractivity (Wildman–Crippen MR) is 102 cm³/mol. The van der Waals surface area contributed by atoms with E-state index in [1.54, 1.807) is 11.1 Å². The van der Waals surface area contributed by atoms with E-state index in [1.165, 1.54) is 45.1 Å². The standard InChI is InChI=1S/C23H33NO/c1-4-23-13-21-18(22(2,3)25)12-19(23)20(24(21)14-15-9-10-15)11-16-7-5-6-8-17(16)23/h5-8,15,18-21,25H,4,9-14H2,1-3H3. The average Bonchev–Trinajstić information content (AvgIpc) is 3.40. The smallest absolute Gasteiger partial charge is 0.0634 e. The van der Waals surface area contributed by atoms with Gasteiger partial charge in [-0.2, -0.15) is 0 Å². The van der Waals surface area contributed by atoms with Crippen molar-refractivity contribution < 1.29 is 5.11 Å². The van der Waals surface area contributed by atoms with Crippen molar-refractivity contribution in [3.63, 3.8) is 0 Å². The molecule has 2 saturated heterocycles. The number of hydrogen-bond acceptors (Lipinski definition) is 2. The van der Waals surface area contributed by atoms with Crippen molar-refractivity contribution in [2.75, 3.05) is 6.54 Å². The molecule has 1 N–H and O–H groups in total. The Labute approximate surface area is 152 Å². The number of aliphatic hydroxyl groups is 1. The molecular weight excluding hydrogens is 306 g/mol. The van der Waals surface area contributed by atoms with E-state index in [0.717, 1.165) is 5.92 Å². The summed E-state index contributed by atoms with van der Waals surface area (Å²) >= 11 is 0. The molecule has 0 radical (unpaired) electrons. The highest BCUT2D eigenvalue weighted by Gasteiger charge is 2.62. The quantitative estimate of drug-likeness (QED) is 0.891. The Morgan fingerprint density at radius 3 is 2.64 bits per heavy atom. The van der Waals surface area contributed by atoms with Crippen molar-refractivity contribution in [1.29, 1.82) is 0 Å². The van der Waals surface area contributed by atoms with E-state index in [0.29, 0.717) is 29.3 Å². The second-order valence-electron chi connectivity index (χ2n) is 9.95. The minimum Gasteiger partial charge on any atom is -0.390 e. The monoisotopic (exact) mass is 339 g/mol. The van der Waals surface area contributed by atoms with Crippen LogP contribution in [0.15, 0.2) is 24.3 Å². The highest BCUT2D eigenvalue weighted by Crippen LogP contribution is 2.61. The fraction of sp³-hybridized carbons (Fsp3) is 0.739. The van der Waals surface area contributed by atoms with Gasteiger partial charge in [-0.15, -0.1) is 0 Å². The minimum absolute atomic E-state index is 0.353. The molecule has 0 spiro atoms. The maximum Gasteiger partial charge on any atom is 0.0634 e. The summed E-state index contributed by atoms with van der Waals surface area (Å²) in [5, 5.41) is 10.9. The molecule has 1 aromatic carbocycles. The third-order valence-corrected chi connectivity index (χ3v) is 8.26. The van der Waals surface area contributed by atoms with Gasteiger partial charge in [-0.3, -0.25) is 4.90 Å². The molecule has 0 aromatic heterocycles. The molecule has 4 bridgehead atoms. The summed E-state index contributed by atoms with van der Waals surface area (Å²) in [5.41, 5.74) is 3.04. The second kappa shape index (κ2) is 5.33. The van der Waals surface area contributed by atoms with Crippen molar-refractivity contribution in [2.24, 2.45) is 17.8 Å². The Morgan fingerprint density at radius 1 is 1.20 bits per heavy atom. The fourth-order valence-electron chi connectivity index (χ4n) is 6.88. The van der Waals surface area contributed by atoms with Crippen LogP contribution >= 0.6 is 0 Å². The Balaban J connectivity index is 1.61. The van der Waals surface area contributed by atoms with Crippen LogP contribution in [0.25, 0.3) is 0 Å². The van der Waals surface area contributed by atoms with Crippen molar-refractivity contribution in [1.82, 2.24) is 4.90 Å². The SMILES string of the molecule is CCC12CC3C(C(C)(C)O)CC1C(Cc1ccccc12)N3CC1CC1. The molecule has 2 saturated carbocycles. The molecule has 2 heteroatoms. The van der Waals surface area contributed by atoms with Gasteiger partial charge >= 0.3 is 0 Å². The molecule has 25 heavy (non-hydrogen) atoms. The third-order valence-electron chi connectivity index (χ3n) is 8.26. The topological polar surface area (TPSA) is 23.5 Å². The van der Waals surface area contributed by atoms with Crippen LogP contribution in [0.3, 0.4) is 0 Å². The normalized spacial score (nSPS) is 40.2. The van der Waals surface area contributed by atoms with Crippen LogP contribution in [0.1, 0.15) is 64.0 Å². The number of piperidine rings is 2. The summed E-state index contributed by atoms with van der Waals surface area (Å²) in [6.45, 7) is 7.79. The third kappa shape index (κ3) is 2.29. The van der Waals surface area contributed by atoms with E-state index in [2.05, 4.69) is 49.9 Å². The van der Waals surface area contributed by atoms with Crippen LogP contribution in [0.5, 0.6) is 0 Å². The van der Waals surface area contributed by atoms with Crippen molar-refractivity contribution in [3.05, 3.63) is 35.4 Å².